The second-order valence-electron chi connectivity index (χ2n) is 7.98. The number of aliphatic hydroxyl groups is 1. The second-order valence-corrected chi connectivity index (χ2v) is 7.98. The lowest BCUT2D eigenvalue weighted by molar-refractivity contribution is -0.139. The molecule has 2 aromatic rings. The van der Waals surface area contributed by atoms with E-state index in [1.807, 2.05) is 31.2 Å². The Morgan fingerprint density at radius 1 is 1.06 bits per heavy atom. The quantitative estimate of drug-likeness (QED) is 0.276. The zero-order valence-electron chi connectivity index (χ0n) is 18.8. The molecule has 0 saturated carbocycles. The number of benzene rings is 2. The van der Waals surface area contributed by atoms with E-state index in [4.69, 9.17) is 4.74 Å². The predicted octanol–water partition coefficient (Wildman–Crippen LogP) is 5.18. The van der Waals surface area contributed by atoms with Crippen molar-refractivity contribution in [3.05, 3.63) is 70.3 Å². The fourth-order valence-corrected chi connectivity index (χ4v) is 4.11. The van der Waals surface area contributed by atoms with E-state index >= 15 is 0 Å². The van der Waals surface area contributed by atoms with Crippen LogP contribution >= 0.6 is 0 Å². The number of carbonyl (C=O) groups is 2. The summed E-state index contributed by atoms with van der Waals surface area (Å²) < 4.78 is 5.30. The van der Waals surface area contributed by atoms with E-state index in [-0.39, 0.29) is 11.3 Å². The smallest absolute Gasteiger partial charge is 0.295 e. The minimum atomic E-state index is -0.632. The average molecular weight is 422 g/mol. The summed E-state index contributed by atoms with van der Waals surface area (Å²) in [5.41, 5.74) is 3.50. The first-order valence-corrected chi connectivity index (χ1v) is 10.9. The molecule has 1 aliphatic heterocycles. The van der Waals surface area contributed by atoms with Crippen molar-refractivity contribution in [3.8, 4) is 5.75 Å². The molecule has 1 unspecified atom stereocenters. The molecular weight excluding hydrogens is 390 g/mol. The van der Waals surface area contributed by atoms with Gasteiger partial charge < -0.3 is 14.7 Å². The molecule has 1 amide bonds. The predicted molar refractivity (Wildman–Crippen MR) is 122 cm³/mol. The molecule has 0 aromatic heterocycles. The Hall–Kier alpha value is -3.08. The van der Waals surface area contributed by atoms with Crippen molar-refractivity contribution in [3.63, 3.8) is 0 Å². The summed E-state index contributed by atoms with van der Waals surface area (Å²) in [6.07, 6.45) is 3.71. The number of aliphatic hydroxyl groups excluding tert-OH is 1. The van der Waals surface area contributed by atoms with E-state index in [0.29, 0.717) is 17.9 Å². The van der Waals surface area contributed by atoms with Crippen LogP contribution in [0.5, 0.6) is 5.75 Å². The van der Waals surface area contributed by atoms with Gasteiger partial charge in [-0.25, -0.2) is 0 Å². The third kappa shape index (κ3) is 4.50. The Labute approximate surface area is 184 Å². The van der Waals surface area contributed by atoms with Crippen molar-refractivity contribution in [1.29, 1.82) is 0 Å². The molecule has 5 nitrogen and oxygen atoms in total. The lowest BCUT2D eigenvalue weighted by Crippen LogP contribution is -2.30. The maximum absolute atomic E-state index is 13.0. The first-order chi connectivity index (χ1) is 14.9. The minimum Gasteiger partial charge on any atom is -0.507 e. The molecule has 5 heteroatoms. The van der Waals surface area contributed by atoms with Crippen LogP contribution in [0.4, 0.5) is 0 Å². The summed E-state index contributed by atoms with van der Waals surface area (Å²) in [4.78, 5) is 27.6. The molecule has 3 rings (SSSR count). The van der Waals surface area contributed by atoms with Gasteiger partial charge in [-0.15, -0.1) is 0 Å². The number of carbonyl (C=O) groups excluding carboxylic acids is 2. The summed E-state index contributed by atoms with van der Waals surface area (Å²) in [5, 5.41) is 11.2. The number of aryl methyl sites for hydroxylation is 2. The van der Waals surface area contributed by atoms with Crippen LogP contribution in [0.15, 0.2) is 48.0 Å². The van der Waals surface area contributed by atoms with Crippen LogP contribution < -0.4 is 4.74 Å². The molecule has 0 aliphatic carbocycles. The van der Waals surface area contributed by atoms with Gasteiger partial charge in [-0.05, 0) is 54.7 Å². The zero-order valence-corrected chi connectivity index (χ0v) is 18.8. The van der Waals surface area contributed by atoms with Gasteiger partial charge in [0.05, 0.1) is 18.7 Å². The normalized spacial score (nSPS) is 17.9. The SMILES string of the molecule is CCCCCN1C(=O)C(=O)/C(=C(\O)c2ccc(OC)c(C)c2)C1c1ccc(CC)cc1. The third-order valence-electron chi connectivity index (χ3n) is 5.91. The number of nitrogens with zero attached hydrogens (tertiary/aromatic N) is 1. The third-order valence-corrected chi connectivity index (χ3v) is 5.91. The Kier molecular flexibility index (Phi) is 7.16. The van der Waals surface area contributed by atoms with E-state index in [1.165, 1.54) is 5.56 Å². The maximum Gasteiger partial charge on any atom is 0.295 e. The van der Waals surface area contributed by atoms with E-state index in [0.717, 1.165) is 36.8 Å². The van der Waals surface area contributed by atoms with Crippen molar-refractivity contribution in [1.82, 2.24) is 4.90 Å². The maximum atomic E-state index is 13.0. The van der Waals surface area contributed by atoms with Crippen molar-refractivity contribution in [2.24, 2.45) is 0 Å². The number of ether oxygens (including phenoxy) is 1. The molecule has 1 fully saturated rings. The molecular formula is C26H31NO4. The van der Waals surface area contributed by atoms with Crippen LogP contribution in [0.3, 0.4) is 0 Å². The largest absolute Gasteiger partial charge is 0.507 e. The number of hydrogen-bond donors (Lipinski definition) is 1. The molecule has 1 atom stereocenters. The van der Waals surface area contributed by atoms with Gasteiger partial charge in [0.25, 0.3) is 11.7 Å². The molecule has 1 heterocycles. The molecule has 1 saturated heterocycles. The van der Waals surface area contributed by atoms with Crippen LogP contribution in [0.2, 0.25) is 0 Å². The van der Waals surface area contributed by atoms with E-state index in [2.05, 4.69) is 13.8 Å². The first kappa shape index (κ1) is 22.6. The topological polar surface area (TPSA) is 66.8 Å². The molecule has 0 radical (unpaired) electrons. The molecule has 0 spiro atoms. The molecule has 0 bridgehead atoms. The number of likely N-dealkylation sites (tertiary alicyclic amines) is 1. The van der Waals surface area contributed by atoms with Gasteiger partial charge >= 0.3 is 0 Å². The van der Waals surface area contributed by atoms with Crippen LogP contribution in [0.1, 0.15) is 61.4 Å². The highest BCUT2D eigenvalue weighted by molar-refractivity contribution is 6.46. The Morgan fingerprint density at radius 2 is 1.77 bits per heavy atom. The fourth-order valence-electron chi connectivity index (χ4n) is 4.11. The van der Waals surface area contributed by atoms with Crippen molar-refractivity contribution in [2.75, 3.05) is 13.7 Å². The average Bonchev–Trinajstić information content (AvgIpc) is 3.03. The molecule has 164 valence electrons. The van der Waals surface area contributed by atoms with Gasteiger partial charge in [0.1, 0.15) is 11.5 Å². The highest BCUT2D eigenvalue weighted by Crippen LogP contribution is 2.40. The van der Waals surface area contributed by atoms with Gasteiger partial charge in [0.2, 0.25) is 0 Å². The Bertz CT molecular complexity index is 991. The minimum absolute atomic E-state index is 0.147. The van der Waals surface area contributed by atoms with E-state index < -0.39 is 17.7 Å². The Morgan fingerprint density at radius 3 is 2.35 bits per heavy atom. The summed E-state index contributed by atoms with van der Waals surface area (Å²) in [6.45, 7) is 6.54. The lowest BCUT2D eigenvalue weighted by atomic mass is 9.94. The van der Waals surface area contributed by atoms with Crippen LogP contribution in [0, 0.1) is 6.92 Å². The number of amides is 1. The van der Waals surface area contributed by atoms with Crippen molar-refractivity contribution in [2.45, 2.75) is 52.5 Å². The van der Waals surface area contributed by atoms with Crippen LogP contribution in [0.25, 0.3) is 5.76 Å². The molecule has 1 N–H and O–H groups in total. The molecule has 31 heavy (non-hydrogen) atoms. The van der Waals surface area contributed by atoms with Gasteiger partial charge in [0, 0.05) is 12.1 Å². The van der Waals surface area contributed by atoms with Gasteiger partial charge in [-0.3, -0.25) is 9.59 Å². The highest BCUT2D eigenvalue weighted by atomic mass is 16.5. The summed E-state index contributed by atoms with van der Waals surface area (Å²) in [7, 11) is 1.59. The number of rotatable bonds is 8. The number of ketones is 1. The van der Waals surface area contributed by atoms with Gasteiger partial charge in [0.15, 0.2) is 0 Å². The van der Waals surface area contributed by atoms with Crippen molar-refractivity contribution >= 4 is 17.4 Å². The number of Topliss-reactive ketones (excluding diaryl/α,β-unsaturated/α-hetero) is 1. The van der Waals surface area contributed by atoms with E-state index in [9.17, 15) is 14.7 Å². The lowest BCUT2D eigenvalue weighted by Gasteiger charge is -2.25. The second kappa shape index (κ2) is 9.82. The monoisotopic (exact) mass is 421 g/mol. The summed E-state index contributed by atoms with van der Waals surface area (Å²) >= 11 is 0. The molecule has 2 aromatic carbocycles. The van der Waals surface area contributed by atoms with Crippen molar-refractivity contribution < 1.29 is 19.4 Å². The standard InChI is InChI=1S/C26H31NO4/c1-5-7-8-15-27-23(19-11-9-18(6-2)10-12-19)22(25(29)26(27)30)24(28)20-13-14-21(31-4)17(3)16-20/h9-14,16,23,28H,5-8,15H2,1-4H3/b24-22-. The molecule has 1 aliphatic rings. The zero-order chi connectivity index (χ0) is 22.5. The van der Waals surface area contributed by atoms with Crippen LogP contribution in [-0.2, 0) is 16.0 Å². The summed E-state index contributed by atoms with van der Waals surface area (Å²) in [6, 6.07) is 12.6. The highest BCUT2D eigenvalue weighted by Gasteiger charge is 2.45. The van der Waals surface area contributed by atoms with Crippen LogP contribution in [-0.4, -0.2) is 35.4 Å². The van der Waals surface area contributed by atoms with E-state index in [1.54, 1.807) is 30.2 Å². The Balaban J connectivity index is 2.11. The number of unbranched alkanes of at least 4 members (excludes halogenated alkanes) is 2. The fraction of sp³-hybridized carbons (Fsp3) is 0.385. The number of hydrogen-bond acceptors (Lipinski definition) is 4. The van der Waals surface area contributed by atoms with Gasteiger partial charge in [-0.2, -0.15) is 0 Å². The first-order valence-electron chi connectivity index (χ1n) is 10.9. The number of methoxy groups -OCH3 is 1. The van der Waals surface area contributed by atoms with Gasteiger partial charge in [-0.1, -0.05) is 51.0 Å². The summed E-state index contributed by atoms with van der Waals surface area (Å²) in [5.74, 6) is -0.630.